The number of aliphatic hydroxyl groups is 3. The van der Waals surface area contributed by atoms with Crippen LogP contribution in [-0.2, 0) is 9.53 Å². The van der Waals surface area contributed by atoms with Crippen LogP contribution in [0, 0.1) is 11.8 Å². The van der Waals surface area contributed by atoms with Crippen molar-refractivity contribution >= 4 is 5.97 Å². The molecule has 27 heavy (non-hydrogen) atoms. The average molecular weight is 390 g/mol. The highest BCUT2D eigenvalue weighted by molar-refractivity contribution is 5.72. The zero-order valence-corrected chi connectivity index (χ0v) is 18.6. The molecule has 0 saturated carbocycles. The number of carbonyl (C=O) groups excluding carboxylic acids is 1. The van der Waals surface area contributed by atoms with Crippen LogP contribution in [0.2, 0.25) is 0 Å². The molecular formula is C21H43NO5. The largest absolute Gasteiger partial charge is 0.459 e. The monoisotopic (exact) mass is 389 g/mol. The highest BCUT2D eigenvalue weighted by Gasteiger charge is 2.44. The number of hydrogen-bond acceptors (Lipinski definition) is 6. The lowest BCUT2D eigenvalue weighted by molar-refractivity contribution is -0.189. The number of nitrogens with zero attached hydrogens (tertiary/aromatic N) is 1. The van der Waals surface area contributed by atoms with E-state index in [1.165, 1.54) is 6.92 Å². The third-order valence-electron chi connectivity index (χ3n) is 5.68. The number of ether oxygens (including phenoxy) is 1. The number of esters is 1. The Kier molecular flexibility index (Phi) is 11.7. The van der Waals surface area contributed by atoms with Crippen molar-refractivity contribution in [2.75, 3.05) is 13.6 Å². The number of likely N-dealkylation sites (N-methyl/N-ethyl adjacent to an activating group) is 1. The summed E-state index contributed by atoms with van der Waals surface area (Å²) in [5, 5.41) is 31.8. The summed E-state index contributed by atoms with van der Waals surface area (Å²) in [5.74, 6) is -0.472. The number of carbonyl (C=O) groups is 1. The molecule has 1 rings (SSSR count). The molecule has 162 valence electrons. The normalized spacial score (nSPS) is 40.3. The molecule has 0 spiro atoms. The van der Waals surface area contributed by atoms with E-state index < -0.39 is 23.9 Å². The summed E-state index contributed by atoms with van der Waals surface area (Å²) in [6.07, 6.45) is -0.0114. The van der Waals surface area contributed by atoms with Crippen LogP contribution in [0.5, 0.6) is 0 Å². The van der Waals surface area contributed by atoms with E-state index in [9.17, 15) is 20.1 Å². The maximum Gasteiger partial charge on any atom is 0.309 e. The topological polar surface area (TPSA) is 90.2 Å². The third-order valence-corrected chi connectivity index (χ3v) is 5.68. The Morgan fingerprint density at radius 2 is 1.74 bits per heavy atom. The van der Waals surface area contributed by atoms with Gasteiger partial charge < -0.3 is 25.0 Å². The minimum absolute atomic E-state index is 0.203. The summed E-state index contributed by atoms with van der Waals surface area (Å²) in [4.78, 5) is 14.4. The van der Waals surface area contributed by atoms with Gasteiger partial charge in [-0.15, -0.1) is 0 Å². The van der Waals surface area contributed by atoms with Gasteiger partial charge in [0.25, 0.3) is 0 Å². The summed E-state index contributed by atoms with van der Waals surface area (Å²) >= 11 is 0. The van der Waals surface area contributed by atoms with Crippen LogP contribution in [0.15, 0.2) is 0 Å². The first-order valence-corrected chi connectivity index (χ1v) is 10.5. The summed E-state index contributed by atoms with van der Waals surface area (Å²) < 4.78 is 5.57. The Morgan fingerprint density at radius 3 is 2.26 bits per heavy atom. The summed E-state index contributed by atoms with van der Waals surface area (Å²) in [6, 6.07) is -0.340. The highest BCUT2D eigenvalue weighted by atomic mass is 16.6. The minimum Gasteiger partial charge on any atom is -0.459 e. The summed E-state index contributed by atoms with van der Waals surface area (Å²) in [6.45, 7) is 13.6. The second-order valence-electron chi connectivity index (χ2n) is 8.15. The molecule has 4 unspecified atom stereocenters. The van der Waals surface area contributed by atoms with Crippen molar-refractivity contribution in [3.8, 4) is 0 Å². The number of rotatable bonds is 1. The van der Waals surface area contributed by atoms with Crippen LogP contribution in [0.3, 0.4) is 0 Å². The Labute approximate surface area is 165 Å². The van der Waals surface area contributed by atoms with Gasteiger partial charge in [0.2, 0.25) is 0 Å². The van der Waals surface area contributed by atoms with Crippen molar-refractivity contribution in [1.29, 1.82) is 0 Å². The van der Waals surface area contributed by atoms with Gasteiger partial charge in [-0.05, 0) is 52.5 Å². The van der Waals surface area contributed by atoms with Gasteiger partial charge in [-0.3, -0.25) is 4.79 Å². The van der Waals surface area contributed by atoms with E-state index in [2.05, 4.69) is 0 Å². The molecule has 0 aromatic carbocycles. The van der Waals surface area contributed by atoms with Crippen molar-refractivity contribution in [2.24, 2.45) is 11.8 Å². The van der Waals surface area contributed by atoms with E-state index in [1.807, 2.05) is 53.5 Å². The first-order chi connectivity index (χ1) is 12.5. The number of aliphatic hydroxyl groups excluding tert-OH is 2. The molecule has 1 aliphatic rings. The van der Waals surface area contributed by atoms with Crippen molar-refractivity contribution < 1.29 is 24.9 Å². The molecule has 0 aromatic rings. The number of hydrogen-bond donors (Lipinski definition) is 3. The first kappa shape index (κ1) is 26.3. The van der Waals surface area contributed by atoms with Crippen LogP contribution in [-0.4, -0.2) is 69.7 Å². The summed E-state index contributed by atoms with van der Waals surface area (Å²) in [7, 11) is 1.86. The first-order valence-electron chi connectivity index (χ1n) is 10.5. The molecule has 7 atom stereocenters. The molecule has 6 nitrogen and oxygen atoms in total. The van der Waals surface area contributed by atoms with Gasteiger partial charge in [-0.2, -0.15) is 0 Å². The standard InChI is InChI=1S/C19H37NO5.C2H6/c1-7-16-19(5,24)17(22)14(4)20(6)9-8-15(21)11-12(2)10-13(3)18(23)25-16;1-2/h12-17,21-22,24H,7-11H2,1-6H3;1-2H3/t12-,13?,14?,15?,16+,17?,19+;/m0./s1. The maximum atomic E-state index is 12.4. The fraction of sp³-hybridized carbons (Fsp3) is 0.952. The third kappa shape index (κ3) is 7.68. The predicted molar refractivity (Wildman–Crippen MR) is 108 cm³/mol. The molecule has 3 N–H and O–H groups in total. The molecular weight excluding hydrogens is 346 g/mol. The molecule has 0 aliphatic carbocycles. The molecule has 0 aromatic heterocycles. The lowest BCUT2D eigenvalue weighted by atomic mass is 9.85. The Morgan fingerprint density at radius 1 is 1.19 bits per heavy atom. The van der Waals surface area contributed by atoms with Gasteiger partial charge in [0.05, 0.1) is 12.0 Å². The zero-order valence-electron chi connectivity index (χ0n) is 18.6. The average Bonchev–Trinajstić information content (AvgIpc) is 2.62. The van der Waals surface area contributed by atoms with Gasteiger partial charge in [0, 0.05) is 12.6 Å². The van der Waals surface area contributed by atoms with Crippen LogP contribution in [0.25, 0.3) is 0 Å². The predicted octanol–water partition coefficient (Wildman–Crippen LogP) is 2.58. The fourth-order valence-electron chi connectivity index (χ4n) is 3.73. The zero-order chi connectivity index (χ0) is 21.4. The molecule has 0 bridgehead atoms. The maximum absolute atomic E-state index is 12.4. The van der Waals surface area contributed by atoms with E-state index in [-0.39, 0.29) is 23.8 Å². The van der Waals surface area contributed by atoms with Gasteiger partial charge >= 0.3 is 5.97 Å². The fourth-order valence-corrected chi connectivity index (χ4v) is 3.73. The Hall–Kier alpha value is -0.690. The molecule has 1 fully saturated rings. The quantitative estimate of drug-likeness (QED) is 0.597. The van der Waals surface area contributed by atoms with Crippen LogP contribution in [0.4, 0.5) is 0 Å². The minimum atomic E-state index is -1.55. The van der Waals surface area contributed by atoms with Gasteiger partial charge in [0.1, 0.15) is 17.8 Å². The van der Waals surface area contributed by atoms with Crippen LogP contribution in [0.1, 0.15) is 74.1 Å². The Balaban J connectivity index is 0.00000326. The molecule has 1 heterocycles. The van der Waals surface area contributed by atoms with E-state index in [0.717, 1.165) is 0 Å². The second kappa shape index (κ2) is 12.0. The van der Waals surface area contributed by atoms with Crippen LogP contribution >= 0.6 is 0 Å². The van der Waals surface area contributed by atoms with Crippen molar-refractivity contribution in [2.45, 2.75) is 104 Å². The van der Waals surface area contributed by atoms with Gasteiger partial charge in [0.15, 0.2) is 0 Å². The van der Waals surface area contributed by atoms with Crippen molar-refractivity contribution in [3.05, 3.63) is 0 Å². The van der Waals surface area contributed by atoms with Gasteiger partial charge in [-0.1, -0.05) is 34.6 Å². The van der Waals surface area contributed by atoms with Gasteiger partial charge in [-0.25, -0.2) is 0 Å². The Bertz CT molecular complexity index is 429. The lowest BCUT2D eigenvalue weighted by Crippen LogP contribution is -2.58. The van der Waals surface area contributed by atoms with E-state index in [4.69, 9.17) is 4.74 Å². The SMILES string of the molecule is CC.CC[C@H]1OC(=O)C(C)C[C@H](C)CC(O)CCN(C)C(C)C(O)[C@]1(C)O. The van der Waals surface area contributed by atoms with Crippen molar-refractivity contribution in [1.82, 2.24) is 4.90 Å². The smallest absolute Gasteiger partial charge is 0.309 e. The van der Waals surface area contributed by atoms with E-state index >= 15 is 0 Å². The molecule has 6 heteroatoms. The number of cyclic esters (lactones) is 1. The molecule has 0 amide bonds. The van der Waals surface area contributed by atoms with Crippen molar-refractivity contribution in [3.63, 3.8) is 0 Å². The molecule has 1 aliphatic heterocycles. The molecule has 0 radical (unpaired) electrons. The van der Waals surface area contributed by atoms with E-state index in [1.54, 1.807) is 0 Å². The van der Waals surface area contributed by atoms with Crippen LogP contribution < -0.4 is 0 Å². The highest BCUT2D eigenvalue weighted by Crippen LogP contribution is 2.28. The molecule has 1 saturated heterocycles. The lowest BCUT2D eigenvalue weighted by Gasteiger charge is -2.41. The van der Waals surface area contributed by atoms with E-state index in [0.29, 0.717) is 32.2 Å². The second-order valence-corrected chi connectivity index (χ2v) is 8.15. The summed E-state index contributed by atoms with van der Waals surface area (Å²) in [5.41, 5.74) is -1.55.